The average molecular weight is 434 g/mol. The summed E-state index contributed by atoms with van der Waals surface area (Å²) < 4.78 is 18.7. The largest absolute Gasteiger partial charge is 0.484 e. The summed E-state index contributed by atoms with van der Waals surface area (Å²) in [5, 5.41) is 5.91. The second-order valence-corrected chi connectivity index (χ2v) is 7.93. The van der Waals surface area contributed by atoms with Crippen LogP contribution in [0.1, 0.15) is 41.9 Å². The van der Waals surface area contributed by atoms with E-state index in [-0.39, 0.29) is 35.2 Å². The van der Waals surface area contributed by atoms with Gasteiger partial charge >= 0.3 is 0 Å². The molecule has 1 heterocycles. The van der Waals surface area contributed by atoms with Crippen LogP contribution in [0.4, 0.5) is 4.39 Å². The highest BCUT2D eigenvalue weighted by atomic mass is 35.5. The summed E-state index contributed by atoms with van der Waals surface area (Å²) in [5.41, 5.74) is 1.24. The highest BCUT2D eigenvalue weighted by Gasteiger charge is 2.23. The number of benzene rings is 1. The molecule has 0 radical (unpaired) electrons. The van der Waals surface area contributed by atoms with Gasteiger partial charge in [-0.25, -0.2) is 9.37 Å². The van der Waals surface area contributed by atoms with E-state index in [0.29, 0.717) is 18.2 Å². The molecule has 1 aliphatic carbocycles. The molecule has 6 nitrogen and oxygen atoms in total. The maximum atomic E-state index is 13.4. The number of hydrogen-bond donors (Lipinski definition) is 2. The molecule has 3 rings (SSSR count). The maximum Gasteiger partial charge on any atom is 0.269 e. The van der Waals surface area contributed by atoms with Gasteiger partial charge in [0.2, 0.25) is 0 Å². The van der Waals surface area contributed by atoms with Gasteiger partial charge in [0.15, 0.2) is 6.61 Å². The van der Waals surface area contributed by atoms with Crippen LogP contribution in [-0.4, -0.2) is 36.0 Å². The first kappa shape index (κ1) is 22.0. The highest BCUT2D eigenvalue weighted by molar-refractivity contribution is 6.30. The second-order valence-electron chi connectivity index (χ2n) is 7.52. The van der Waals surface area contributed by atoms with Gasteiger partial charge in [-0.2, -0.15) is 0 Å². The Bertz CT molecular complexity index is 901. The molecule has 1 aliphatic rings. The smallest absolute Gasteiger partial charge is 0.269 e. The van der Waals surface area contributed by atoms with Crippen LogP contribution < -0.4 is 15.4 Å². The first-order chi connectivity index (χ1) is 14.4. The molecule has 2 N–H and O–H groups in total. The molecular formula is C22H25ClFN3O3. The molecule has 1 saturated carbocycles. The molecule has 2 aromatic rings. The summed E-state index contributed by atoms with van der Waals surface area (Å²) in [6, 6.07) is 9.51. The third kappa shape index (κ3) is 6.42. The topological polar surface area (TPSA) is 80.3 Å². The van der Waals surface area contributed by atoms with Crippen molar-refractivity contribution in [1.29, 1.82) is 0 Å². The fraction of sp³-hybridized carbons (Fsp3) is 0.409. The van der Waals surface area contributed by atoms with Gasteiger partial charge in [0.1, 0.15) is 17.3 Å². The zero-order valence-corrected chi connectivity index (χ0v) is 17.5. The van der Waals surface area contributed by atoms with Crippen LogP contribution in [0.3, 0.4) is 0 Å². The van der Waals surface area contributed by atoms with E-state index < -0.39 is 5.82 Å². The molecule has 8 heteroatoms. The van der Waals surface area contributed by atoms with E-state index in [1.165, 1.54) is 12.1 Å². The van der Waals surface area contributed by atoms with Crippen molar-refractivity contribution in [2.75, 3.05) is 13.2 Å². The lowest BCUT2D eigenvalue weighted by atomic mass is 9.86. The first-order valence-corrected chi connectivity index (χ1v) is 10.4. The number of carbonyl (C=O) groups excluding carboxylic acids is 2. The van der Waals surface area contributed by atoms with E-state index in [1.54, 1.807) is 6.07 Å². The van der Waals surface area contributed by atoms with Crippen molar-refractivity contribution in [1.82, 2.24) is 15.6 Å². The Morgan fingerprint density at radius 2 is 1.97 bits per heavy atom. The van der Waals surface area contributed by atoms with Gasteiger partial charge in [-0.1, -0.05) is 17.7 Å². The van der Waals surface area contributed by atoms with Crippen LogP contribution in [0.5, 0.6) is 5.75 Å². The van der Waals surface area contributed by atoms with Crippen molar-refractivity contribution >= 4 is 23.4 Å². The molecule has 0 unspecified atom stereocenters. The Kier molecular flexibility index (Phi) is 7.63. The number of nitrogens with zero attached hydrogens (tertiary/aromatic N) is 1. The highest BCUT2D eigenvalue weighted by Crippen LogP contribution is 2.24. The minimum absolute atomic E-state index is 0.00916. The van der Waals surface area contributed by atoms with Crippen LogP contribution in [0.25, 0.3) is 0 Å². The quantitative estimate of drug-likeness (QED) is 0.698. The van der Waals surface area contributed by atoms with E-state index in [2.05, 4.69) is 15.6 Å². The molecule has 0 spiro atoms. The number of hydrogen-bond acceptors (Lipinski definition) is 4. The lowest BCUT2D eigenvalue weighted by molar-refractivity contribution is -0.124. The van der Waals surface area contributed by atoms with E-state index in [0.717, 1.165) is 37.4 Å². The standard InChI is InChI=1S/C22H25ClFN3O3/c1-14-3-2-4-20(26-14)22(29)25-12-15-5-7-16(8-6-15)27-21(28)13-30-17-9-10-18(23)19(24)11-17/h2-4,9-11,15-16H,5-8,12-13H2,1H3,(H,25,29)(H,27,28). The lowest BCUT2D eigenvalue weighted by Gasteiger charge is -2.29. The summed E-state index contributed by atoms with van der Waals surface area (Å²) in [7, 11) is 0. The number of ether oxygens (including phenoxy) is 1. The summed E-state index contributed by atoms with van der Waals surface area (Å²) in [6.45, 7) is 2.27. The minimum atomic E-state index is -0.585. The predicted molar refractivity (Wildman–Crippen MR) is 112 cm³/mol. The third-order valence-corrected chi connectivity index (χ3v) is 5.45. The number of halogens is 2. The summed E-state index contributed by atoms with van der Waals surface area (Å²) >= 11 is 5.62. The normalized spacial score (nSPS) is 18.5. The zero-order valence-electron chi connectivity index (χ0n) is 16.8. The van der Waals surface area contributed by atoms with Gasteiger partial charge in [-0.3, -0.25) is 9.59 Å². The van der Waals surface area contributed by atoms with E-state index in [4.69, 9.17) is 16.3 Å². The molecule has 1 aromatic heterocycles. The van der Waals surface area contributed by atoms with Crippen molar-refractivity contribution in [3.63, 3.8) is 0 Å². The molecule has 1 fully saturated rings. The molecule has 2 amide bonds. The minimum Gasteiger partial charge on any atom is -0.484 e. The fourth-order valence-electron chi connectivity index (χ4n) is 3.49. The molecule has 0 atom stereocenters. The van der Waals surface area contributed by atoms with Gasteiger partial charge < -0.3 is 15.4 Å². The average Bonchev–Trinajstić information content (AvgIpc) is 2.74. The first-order valence-electron chi connectivity index (χ1n) is 10.00. The Balaban J connectivity index is 1.35. The summed E-state index contributed by atoms with van der Waals surface area (Å²) in [5.74, 6) is -0.356. The Morgan fingerprint density at radius 3 is 2.67 bits per heavy atom. The number of amides is 2. The molecule has 30 heavy (non-hydrogen) atoms. The molecule has 1 aromatic carbocycles. The van der Waals surface area contributed by atoms with Gasteiger partial charge in [0, 0.05) is 24.3 Å². The molecular weight excluding hydrogens is 409 g/mol. The van der Waals surface area contributed by atoms with Crippen LogP contribution in [0.2, 0.25) is 5.02 Å². The van der Waals surface area contributed by atoms with E-state index >= 15 is 0 Å². The van der Waals surface area contributed by atoms with Crippen LogP contribution in [0, 0.1) is 18.7 Å². The Labute approximate surface area is 180 Å². The Morgan fingerprint density at radius 1 is 1.20 bits per heavy atom. The molecule has 0 bridgehead atoms. The molecule has 0 aliphatic heterocycles. The summed E-state index contributed by atoms with van der Waals surface area (Å²) in [6.07, 6.45) is 3.50. The SMILES string of the molecule is Cc1cccc(C(=O)NCC2CCC(NC(=O)COc3ccc(Cl)c(F)c3)CC2)n1. The van der Waals surface area contributed by atoms with E-state index in [1.807, 2.05) is 19.1 Å². The van der Waals surface area contributed by atoms with Gasteiger partial charge in [-0.05, 0) is 62.8 Å². The number of nitrogens with one attached hydrogen (secondary N) is 2. The van der Waals surface area contributed by atoms with Crippen LogP contribution in [-0.2, 0) is 4.79 Å². The number of aryl methyl sites for hydroxylation is 1. The predicted octanol–water partition coefficient (Wildman–Crippen LogP) is 3.67. The van der Waals surface area contributed by atoms with Crippen molar-refractivity contribution in [2.24, 2.45) is 5.92 Å². The van der Waals surface area contributed by atoms with Crippen LogP contribution >= 0.6 is 11.6 Å². The third-order valence-electron chi connectivity index (χ3n) is 5.15. The molecule has 160 valence electrons. The van der Waals surface area contributed by atoms with E-state index in [9.17, 15) is 14.0 Å². The lowest BCUT2D eigenvalue weighted by Crippen LogP contribution is -2.41. The monoisotopic (exact) mass is 433 g/mol. The number of aromatic nitrogens is 1. The number of carbonyl (C=O) groups is 2. The number of rotatable bonds is 7. The van der Waals surface area contributed by atoms with Gasteiger partial charge in [0.05, 0.1) is 5.02 Å². The van der Waals surface area contributed by atoms with Crippen molar-refractivity contribution < 1.29 is 18.7 Å². The van der Waals surface area contributed by atoms with Crippen molar-refractivity contribution in [3.05, 3.63) is 58.6 Å². The van der Waals surface area contributed by atoms with Crippen LogP contribution in [0.15, 0.2) is 36.4 Å². The number of pyridine rings is 1. The van der Waals surface area contributed by atoms with Crippen molar-refractivity contribution in [2.45, 2.75) is 38.6 Å². The van der Waals surface area contributed by atoms with Gasteiger partial charge in [0.25, 0.3) is 11.8 Å². The summed E-state index contributed by atoms with van der Waals surface area (Å²) in [4.78, 5) is 28.5. The van der Waals surface area contributed by atoms with Gasteiger partial charge in [-0.15, -0.1) is 0 Å². The second kappa shape index (κ2) is 10.4. The Hall–Kier alpha value is -2.67. The van der Waals surface area contributed by atoms with Crippen molar-refractivity contribution in [3.8, 4) is 5.75 Å². The fourth-order valence-corrected chi connectivity index (χ4v) is 3.61. The zero-order chi connectivity index (χ0) is 21.5. The maximum absolute atomic E-state index is 13.4. The molecule has 0 saturated heterocycles.